The SMILES string of the molecule is Oc1ccc(-c2cnn3ccc(Nc4ccccc4)nc23)cc1. The number of rotatable bonds is 3. The number of nitrogens with one attached hydrogen (secondary N) is 1. The van der Waals surface area contributed by atoms with Crippen LogP contribution in [0.25, 0.3) is 16.8 Å². The lowest BCUT2D eigenvalue weighted by molar-refractivity contribution is 0.475. The van der Waals surface area contributed by atoms with Crippen LogP contribution in [0.5, 0.6) is 5.75 Å². The number of aromatic nitrogens is 3. The highest BCUT2D eigenvalue weighted by Crippen LogP contribution is 2.26. The van der Waals surface area contributed by atoms with Gasteiger partial charge in [0.15, 0.2) is 5.65 Å². The van der Waals surface area contributed by atoms with E-state index in [0.29, 0.717) is 0 Å². The quantitative estimate of drug-likeness (QED) is 0.603. The number of hydrogen-bond acceptors (Lipinski definition) is 4. The maximum absolute atomic E-state index is 9.43. The Bertz CT molecular complexity index is 946. The lowest BCUT2D eigenvalue weighted by Gasteiger charge is -2.06. The van der Waals surface area contributed by atoms with Gasteiger partial charge < -0.3 is 10.4 Å². The van der Waals surface area contributed by atoms with Gasteiger partial charge in [-0.1, -0.05) is 30.3 Å². The third kappa shape index (κ3) is 2.60. The molecule has 0 saturated heterocycles. The normalized spacial score (nSPS) is 10.8. The number of phenolic OH excluding ortho intramolecular Hbond substituents is 1. The van der Waals surface area contributed by atoms with Crippen molar-refractivity contribution in [2.75, 3.05) is 5.32 Å². The van der Waals surface area contributed by atoms with Gasteiger partial charge in [-0.05, 0) is 35.9 Å². The number of para-hydroxylation sites is 1. The summed E-state index contributed by atoms with van der Waals surface area (Å²) in [5.74, 6) is 0.994. The fraction of sp³-hybridized carbons (Fsp3) is 0. The highest BCUT2D eigenvalue weighted by atomic mass is 16.3. The van der Waals surface area contributed by atoms with Gasteiger partial charge in [0.05, 0.1) is 6.20 Å². The molecular formula is C18H14N4O. The van der Waals surface area contributed by atoms with Crippen LogP contribution < -0.4 is 5.32 Å². The molecule has 0 amide bonds. The number of benzene rings is 2. The van der Waals surface area contributed by atoms with Crippen LogP contribution in [0.2, 0.25) is 0 Å². The molecule has 0 aliphatic carbocycles. The van der Waals surface area contributed by atoms with Gasteiger partial charge in [-0.15, -0.1) is 0 Å². The van der Waals surface area contributed by atoms with E-state index in [9.17, 15) is 5.11 Å². The van der Waals surface area contributed by atoms with Crippen molar-refractivity contribution in [1.82, 2.24) is 14.6 Å². The largest absolute Gasteiger partial charge is 0.508 e. The van der Waals surface area contributed by atoms with Crippen LogP contribution in [0.15, 0.2) is 73.1 Å². The maximum Gasteiger partial charge on any atom is 0.165 e. The summed E-state index contributed by atoms with van der Waals surface area (Å²) in [4.78, 5) is 4.66. The van der Waals surface area contributed by atoms with Crippen LogP contribution in [-0.2, 0) is 0 Å². The van der Waals surface area contributed by atoms with Gasteiger partial charge in [0.2, 0.25) is 0 Å². The van der Waals surface area contributed by atoms with Crippen molar-refractivity contribution in [1.29, 1.82) is 0 Å². The second-order valence-electron chi connectivity index (χ2n) is 5.18. The molecule has 0 atom stereocenters. The van der Waals surface area contributed by atoms with Crippen molar-refractivity contribution in [2.24, 2.45) is 0 Å². The van der Waals surface area contributed by atoms with Crippen LogP contribution in [0.3, 0.4) is 0 Å². The maximum atomic E-state index is 9.43. The molecule has 4 rings (SSSR count). The van der Waals surface area contributed by atoms with Gasteiger partial charge in [-0.3, -0.25) is 0 Å². The Labute approximate surface area is 132 Å². The molecular weight excluding hydrogens is 288 g/mol. The molecule has 2 heterocycles. The summed E-state index contributed by atoms with van der Waals surface area (Å²) in [7, 11) is 0. The van der Waals surface area contributed by atoms with Gasteiger partial charge >= 0.3 is 0 Å². The number of phenols is 1. The first kappa shape index (κ1) is 13.3. The first-order valence-corrected chi connectivity index (χ1v) is 7.25. The molecule has 0 spiro atoms. The van der Waals surface area contributed by atoms with Crippen molar-refractivity contribution in [3.8, 4) is 16.9 Å². The van der Waals surface area contributed by atoms with Gasteiger partial charge in [0.25, 0.3) is 0 Å². The Morgan fingerprint density at radius 3 is 2.48 bits per heavy atom. The molecule has 2 aromatic carbocycles. The third-order valence-corrected chi connectivity index (χ3v) is 3.59. The van der Waals surface area contributed by atoms with E-state index in [1.54, 1.807) is 22.8 Å². The molecule has 0 unspecified atom stereocenters. The second-order valence-corrected chi connectivity index (χ2v) is 5.18. The Kier molecular flexibility index (Phi) is 3.16. The van der Waals surface area contributed by atoms with Crippen molar-refractivity contribution in [3.63, 3.8) is 0 Å². The average Bonchev–Trinajstić information content (AvgIpc) is 3.00. The lowest BCUT2D eigenvalue weighted by Crippen LogP contribution is -1.97. The average molecular weight is 302 g/mol. The van der Waals surface area contributed by atoms with Crippen molar-refractivity contribution in [2.45, 2.75) is 0 Å². The molecule has 23 heavy (non-hydrogen) atoms. The van der Waals surface area contributed by atoms with E-state index in [-0.39, 0.29) is 5.75 Å². The predicted molar refractivity (Wildman–Crippen MR) is 89.8 cm³/mol. The van der Waals surface area contributed by atoms with E-state index in [4.69, 9.17) is 0 Å². The highest BCUT2D eigenvalue weighted by Gasteiger charge is 2.09. The fourth-order valence-electron chi connectivity index (χ4n) is 2.45. The van der Waals surface area contributed by atoms with E-state index in [0.717, 1.165) is 28.3 Å². The van der Waals surface area contributed by atoms with E-state index in [1.165, 1.54) is 0 Å². The van der Waals surface area contributed by atoms with E-state index < -0.39 is 0 Å². The highest BCUT2D eigenvalue weighted by molar-refractivity contribution is 5.78. The standard InChI is InChI=1S/C18H14N4O/c23-15-8-6-13(7-9-15)16-12-19-22-11-10-17(21-18(16)22)20-14-4-2-1-3-5-14/h1-12,23H,(H,20,21). The summed E-state index contributed by atoms with van der Waals surface area (Å²) < 4.78 is 1.73. The van der Waals surface area contributed by atoms with E-state index in [1.807, 2.05) is 54.7 Å². The zero-order chi connectivity index (χ0) is 15.6. The van der Waals surface area contributed by atoms with Crippen molar-refractivity contribution < 1.29 is 5.11 Å². The van der Waals surface area contributed by atoms with Gasteiger partial charge in [0.1, 0.15) is 11.6 Å². The molecule has 112 valence electrons. The predicted octanol–water partition coefficient (Wildman–Crippen LogP) is 3.85. The molecule has 2 N–H and O–H groups in total. The van der Waals surface area contributed by atoms with Gasteiger partial charge in [-0.2, -0.15) is 5.10 Å². The summed E-state index contributed by atoms with van der Waals surface area (Å²) in [5.41, 5.74) is 3.62. The van der Waals surface area contributed by atoms with Crippen molar-refractivity contribution >= 4 is 17.2 Å². The Morgan fingerprint density at radius 2 is 1.70 bits per heavy atom. The van der Waals surface area contributed by atoms with E-state index >= 15 is 0 Å². The topological polar surface area (TPSA) is 62.5 Å². The minimum Gasteiger partial charge on any atom is -0.508 e. The smallest absolute Gasteiger partial charge is 0.165 e. The molecule has 0 bridgehead atoms. The molecule has 5 heteroatoms. The third-order valence-electron chi connectivity index (χ3n) is 3.59. The molecule has 4 aromatic rings. The molecule has 0 saturated carbocycles. The Morgan fingerprint density at radius 1 is 0.913 bits per heavy atom. The minimum absolute atomic E-state index is 0.240. The first-order chi connectivity index (χ1) is 11.3. The summed E-state index contributed by atoms with van der Waals surface area (Å²) in [6, 6.07) is 18.8. The summed E-state index contributed by atoms with van der Waals surface area (Å²) in [6.45, 7) is 0. The Hall–Kier alpha value is -3.34. The number of aromatic hydroxyl groups is 1. The van der Waals surface area contributed by atoms with Crippen LogP contribution in [0, 0.1) is 0 Å². The second kappa shape index (κ2) is 5.46. The monoisotopic (exact) mass is 302 g/mol. The fourth-order valence-corrected chi connectivity index (χ4v) is 2.45. The molecule has 2 aromatic heterocycles. The van der Waals surface area contributed by atoms with Crippen LogP contribution in [0.1, 0.15) is 0 Å². The van der Waals surface area contributed by atoms with Gasteiger partial charge in [-0.25, -0.2) is 9.50 Å². The van der Waals surface area contributed by atoms with Crippen LogP contribution in [0.4, 0.5) is 11.5 Å². The molecule has 5 nitrogen and oxygen atoms in total. The zero-order valence-electron chi connectivity index (χ0n) is 12.2. The minimum atomic E-state index is 0.240. The number of anilines is 2. The Balaban J connectivity index is 1.75. The van der Waals surface area contributed by atoms with Gasteiger partial charge in [0, 0.05) is 17.4 Å². The van der Waals surface area contributed by atoms with Crippen LogP contribution >= 0.6 is 0 Å². The number of fused-ring (bicyclic) bond motifs is 1. The van der Waals surface area contributed by atoms with Crippen LogP contribution in [-0.4, -0.2) is 19.7 Å². The molecule has 0 aliphatic rings. The summed E-state index contributed by atoms with van der Waals surface area (Å²) in [5, 5.41) is 17.0. The molecule has 0 radical (unpaired) electrons. The summed E-state index contributed by atoms with van der Waals surface area (Å²) >= 11 is 0. The number of hydrogen-bond donors (Lipinski definition) is 2. The first-order valence-electron chi connectivity index (χ1n) is 7.25. The zero-order valence-corrected chi connectivity index (χ0v) is 12.2. The lowest BCUT2D eigenvalue weighted by atomic mass is 10.1. The van der Waals surface area contributed by atoms with E-state index in [2.05, 4.69) is 15.4 Å². The summed E-state index contributed by atoms with van der Waals surface area (Å²) in [6.07, 6.45) is 3.65. The van der Waals surface area contributed by atoms with Crippen molar-refractivity contribution in [3.05, 3.63) is 73.1 Å². The molecule has 0 fully saturated rings. The number of nitrogens with zero attached hydrogens (tertiary/aromatic N) is 3. The molecule has 0 aliphatic heterocycles.